The first-order chi connectivity index (χ1) is 6.70. The molecule has 5 nitrogen and oxygen atoms in total. The molecule has 0 bridgehead atoms. The van der Waals surface area contributed by atoms with Crippen LogP contribution in [0.15, 0.2) is 0 Å². The van der Waals surface area contributed by atoms with Gasteiger partial charge in [0.15, 0.2) is 0 Å². The van der Waals surface area contributed by atoms with E-state index < -0.39 is 6.10 Å². The Labute approximate surface area is 83.8 Å². The molecule has 1 rings (SSSR count). The molecule has 0 aromatic carbocycles. The van der Waals surface area contributed by atoms with Crippen LogP contribution in [-0.2, 0) is 4.74 Å². The van der Waals surface area contributed by atoms with Gasteiger partial charge in [0.1, 0.15) is 0 Å². The van der Waals surface area contributed by atoms with Crippen molar-refractivity contribution in [2.45, 2.75) is 31.9 Å². The molecule has 3 N–H and O–H groups in total. The zero-order valence-electron chi connectivity index (χ0n) is 8.48. The Morgan fingerprint density at radius 2 is 2.50 bits per heavy atom. The smallest absolute Gasteiger partial charge is 0.410 e. The first-order valence-corrected chi connectivity index (χ1v) is 5.02. The molecule has 1 saturated heterocycles. The SMILES string of the molecule is CCOC(=O)N1CCCC1C(O)CN. The highest BCUT2D eigenvalue weighted by atomic mass is 16.6. The van der Waals surface area contributed by atoms with Gasteiger partial charge in [0.25, 0.3) is 0 Å². The second kappa shape index (κ2) is 5.17. The van der Waals surface area contributed by atoms with Crippen molar-refractivity contribution >= 4 is 6.09 Å². The topological polar surface area (TPSA) is 75.8 Å². The highest BCUT2D eigenvalue weighted by Gasteiger charge is 2.33. The largest absolute Gasteiger partial charge is 0.450 e. The van der Waals surface area contributed by atoms with E-state index in [1.165, 1.54) is 0 Å². The Kier molecular flexibility index (Phi) is 4.16. The summed E-state index contributed by atoms with van der Waals surface area (Å²) in [4.78, 5) is 13.0. The number of nitrogens with two attached hydrogens (primary N) is 1. The molecule has 1 fully saturated rings. The predicted octanol–water partition coefficient (Wildman–Crippen LogP) is -0.0731. The summed E-state index contributed by atoms with van der Waals surface area (Å²) >= 11 is 0. The second-order valence-corrected chi connectivity index (χ2v) is 3.40. The summed E-state index contributed by atoms with van der Waals surface area (Å²) in [7, 11) is 0. The van der Waals surface area contributed by atoms with Gasteiger partial charge < -0.3 is 20.5 Å². The number of hydrogen-bond donors (Lipinski definition) is 2. The summed E-state index contributed by atoms with van der Waals surface area (Å²) in [6, 6.07) is -0.168. The predicted molar refractivity (Wildman–Crippen MR) is 51.8 cm³/mol. The van der Waals surface area contributed by atoms with Gasteiger partial charge in [-0.1, -0.05) is 0 Å². The number of hydrogen-bond acceptors (Lipinski definition) is 4. The fourth-order valence-electron chi connectivity index (χ4n) is 1.78. The number of carbonyl (C=O) groups is 1. The van der Waals surface area contributed by atoms with E-state index in [1.807, 2.05) is 0 Å². The fourth-order valence-corrected chi connectivity index (χ4v) is 1.78. The Balaban J connectivity index is 2.54. The lowest BCUT2D eigenvalue weighted by molar-refractivity contribution is 0.0570. The Bertz CT molecular complexity index is 198. The minimum Gasteiger partial charge on any atom is -0.450 e. The Morgan fingerprint density at radius 3 is 3.07 bits per heavy atom. The first-order valence-electron chi connectivity index (χ1n) is 5.02. The molecule has 1 aliphatic rings. The van der Waals surface area contributed by atoms with Crippen LogP contribution in [-0.4, -0.2) is 47.9 Å². The van der Waals surface area contributed by atoms with Gasteiger partial charge in [-0.3, -0.25) is 0 Å². The lowest BCUT2D eigenvalue weighted by Crippen LogP contribution is -2.45. The maximum Gasteiger partial charge on any atom is 0.410 e. The monoisotopic (exact) mass is 202 g/mol. The van der Waals surface area contributed by atoms with Crippen molar-refractivity contribution in [2.24, 2.45) is 5.73 Å². The van der Waals surface area contributed by atoms with Crippen molar-refractivity contribution in [1.82, 2.24) is 4.90 Å². The molecule has 0 saturated carbocycles. The van der Waals surface area contributed by atoms with E-state index in [0.717, 1.165) is 12.8 Å². The standard InChI is InChI=1S/C9H18N2O3/c1-2-14-9(13)11-5-3-4-7(11)8(12)6-10/h7-8,12H,2-6,10H2,1H3. The maximum absolute atomic E-state index is 11.4. The average molecular weight is 202 g/mol. The molecule has 14 heavy (non-hydrogen) atoms. The minimum absolute atomic E-state index is 0.168. The van der Waals surface area contributed by atoms with Gasteiger partial charge in [-0.05, 0) is 19.8 Å². The summed E-state index contributed by atoms with van der Waals surface area (Å²) in [6.07, 6.45) is 0.724. The van der Waals surface area contributed by atoms with E-state index in [2.05, 4.69) is 0 Å². The molecule has 0 radical (unpaired) electrons. The van der Waals surface area contributed by atoms with Gasteiger partial charge in [-0.2, -0.15) is 0 Å². The fraction of sp³-hybridized carbons (Fsp3) is 0.889. The summed E-state index contributed by atoms with van der Waals surface area (Å²) in [5.74, 6) is 0. The quantitative estimate of drug-likeness (QED) is 0.671. The van der Waals surface area contributed by atoms with Gasteiger partial charge in [0.2, 0.25) is 0 Å². The molecule has 2 atom stereocenters. The van der Waals surface area contributed by atoms with Crippen molar-refractivity contribution in [3.63, 3.8) is 0 Å². The third-order valence-electron chi connectivity index (χ3n) is 2.49. The average Bonchev–Trinajstić information content (AvgIpc) is 2.65. The van der Waals surface area contributed by atoms with E-state index in [1.54, 1.807) is 11.8 Å². The number of ether oxygens (including phenoxy) is 1. The molecular formula is C9H18N2O3. The summed E-state index contributed by atoms with van der Waals surface area (Å²) in [5, 5.41) is 9.57. The van der Waals surface area contributed by atoms with Crippen molar-refractivity contribution in [2.75, 3.05) is 19.7 Å². The molecule has 0 aliphatic carbocycles. The van der Waals surface area contributed by atoms with Crippen LogP contribution in [0.25, 0.3) is 0 Å². The summed E-state index contributed by atoms with van der Waals surface area (Å²) < 4.78 is 4.89. The van der Waals surface area contributed by atoms with Crippen LogP contribution in [0.2, 0.25) is 0 Å². The molecular weight excluding hydrogens is 184 g/mol. The molecule has 1 heterocycles. The number of carbonyl (C=O) groups excluding carboxylic acids is 1. The summed E-state index contributed by atoms with van der Waals surface area (Å²) in [5.41, 5.74) is 5.36. The molecule has 0 spiro atoms. The van der Waals surface area contributed by atoms with Crippen molar-refractivity contribution in [3.8, 4) is 0 Å². The maximum atomic E-state index is 11.4. The minimum atomic E-state index is -0.637. The normalized spacial score (nSPS) is 23.6. The molecule has 1 aliphatic heterocycles. The molecule has 2 unspecified atom stereocenters. The van der Waals surface area contributed by atoms with Crippen LogP contribution in [0.4, 0.5) is 4.79 Å². The third-order valence-corrected chi connectivity index (χ3v) is 2.49. The molecule has 0 aromatic heterocycles. The first kappa shape index (κ1) is 11.3. The van der Waals surface area contributed by atoms with Crippen molar-refractivity contribution < 1.29 is 14.6 Å². The van der Waals surface area contributed by atoms with Gasteiger partial charge >= 0.3 is 6.09 Å². The number of likely N-dealkylation sites (tertiary alicyclic amines) is 1. The van der Waals surface area contributed by atoms with Gasteiger partial charge in [-0.25, -0.2) is 4.79 Å². The molecule has 5 heteroatoms. The molecule has 82 valence electrons. The number of rotatable bonds is 3. The van der Waals surface area contributed by atoms with Crippen LogP contribution in [0.5, 0.6) is 0 Å². The van der Waals surface area contributed by atoms with E-state index in [4.69, 9.17) is 10.5 Å². The van der Waals surface area contributed by atoms with E-state index in [9.17, 15) is 9.90 Å². The zero-order valence-corrected chi connectivity index (χ0v) is 8.48. The lowest BCUT2D eigenvalue weighted by atomic mass is 10.1. The van der Waals surface area contributed by atoms with E-state index in [-0.39, 0.29) is 18.7 Å². The van der Waals surface area contributed by atoms with Crippen molar-refractivity contribution in [3.05, 3.63) is 0 Å². The van der Waals surface area contributed by atoms with E-state index >= 15 is 0 Å². The van der Waals surface area contributed by atoms with Crippen LogP contribution in [0.1, 0.15) is 19.8 Å². The Hall–Kier alpha value is -0.810. The van der Waals surface area contributed by atoms with E-state index in [0.29, 0.717) is 13.2 Å². The van der Waals surface area contributed by atoms with Gasteiger partial charge in [-0.15, -0.1) is 0 Å². The van der Waals surface area contributed by atoms with Crippen LogP contribution in [0, 0.1) is 0 Å². The number of aliphatic hydroxyl groups is 1. The van der Waals surface area contributed by atoms with Crippen LogP contribution < -0.4 is 5.73 Å². The van der Waals surface area contributed by atoms with Crippen LogP contribution >= 0.6 is 0 Å². The Morgan fingerprint density at radius 1 is 1.79 bits per heavy atom. The molecule has 0 aromatic rings. The van der Waals surface area contributed by atoms with Crippen LogP contribution in [0.3, 0.4) is 0 Å². The molecule has 1 amide bonds. The number of amides is 1. The highest BCUT2D eigenvalue weighted by molar-refractivity contribution is 5.68. The van der Waals surface area contributed by atoms with Gasteiger partial charge in [0.05, 0.1) is 18.8 Å². The highest BCUT2D eigenvalue weighted by Crippen LogP contribution is 2.20. The summed E-state index contributed by atoms with van der Waals surface area (Å²) in [6.45, 7) is 2.96. The third kappa shape index (κ3) is 2.36. The number of nitrogens with zero attached hydrogens (tertiary/aromatic N) is 1. The van der Waals surface area contributed by atoms with Gasteiger partial charge in [0, 0.05) is 13.1 Å². The lowest BCUT2D eigenvalue weighted by Gasteiger charge is -2.26. The zero-order chi connectivity index (χ0) is 10.6. The number of aliphatic hydroxyl groups excluding tert-OH is 1. The second-order valence-electron chi connectivity index (χ2n) is 3.40. The van der Waals surface area contributed by atoms with Crippen molar-refractivity contribution in [1.29, 1.82) is 0 Å².